The van der Waals surface area contributed by atoms with E-state index in [4.69, 9.17) is 16.9 Å². The number of hydrogen-bond donors (Lipinski definition) is 2. The van der Waals surface area contributed by atoms with Gasteiger partial charge in [-0.2, -0.15) is 20.2 Å². The highest BCUT2D eigenvalue weighted by atomic mass is 35.5. The van der Waals surface area contributed by atoms with Gasteiger partial charge in [0.15, 0.2) is 0 Å². The number of anilines is 4. The van der Waals surface area contributed by atoms with Crippen molar-refractivity contribution >= 4 is 35.1 Å². The molecule has 108 valence electrons. The molecule has 0 unspecified atom stereocenters. The molecule has 8 heteroatoms. The average molecular weight is 304 g/mol. The van der Waals surface area contributed by atoms with Crippen LogP contribution >= 0.6 is 11.6 Å². The molecule has 0 atom stereocenters. The van der Waals surface area contributed by atoms with Crippen LogP contribution in [-0.2, 0) is 0 Å². The molecule has 0 aliphatic carbocycles. The number of rotatable bonds is 4. The van der Waals surface area contributed by atoms with Gasteiger partial charge in [-0.25, -0.2) is 0 Å². The summed E-state index contributed by atoms with van der Waals surface area (Å²) < 4.78 is 0. The third-order valence-electron chi connectivity index (χ3n) is 2.59. The van der Waals surface area contributed by atoms with Gasteiger partial charge in [-0.3, -0.25) is 0 Å². The zero-order chi connectivity index (χ0) is 15.4. The number of benzene rings is 1. The molecule has 2 aromatic rings. The zero-order valence-corrected chi connectivity index (χ0v) is 12.6. The summed E-state index contributed by atoms with van der Waals surface area (Å²) in [5, 5.41) is 15.2. The standard InChI is InChI=1S/C13H14ClN7/c1-16-11-18-12(20-13(19-11)21(2)3)17-10-5-4-8(7-15)6-9(10)14/h4-6H,1-3H3,(H2,16,17,18,19,20). The Bertz CT molecular complexity index is 693. The molecule has 0 saturated heterocycles. The van der Waals surface area contributed by atoms with E-state index in [1.165, 1.54) is 0 Å². The molecular formula is C13H14ClN7. The van der Waals surface area contributed by atoms with Crippen LogP contribution in [0.5, 0.6) is 0 Å². The molecule has 21 heavy (non-hydrogen) atoms. The van der Waals surface area contributed by atoms with Crippen LogP contribution in [0.15, 0.2) is 18.2 Å². The number of nitrogens with zero attached hydrogens (tertiary/aromatic N) is 5. The molecule has 7 nitrogen and oxygen atoms in total. The summed E-state index contributed by atoms with van der Waals surface area (Å²) in [6, 6.07) is 6.99. The first-order valence-corrected chi connectivity index (χ1v) is 6.49. The lowest BCUT2D eigenvalue weighted by Crippen LogP contribution is -2.15. The normalized spacial score (nSPS) is 9.86. The molecule has 0 bridgehead atoms. The highest BCUT2D eigenvalue weighted by Gasteiger charge is 2.09. The van der Waals surface area contributed by atoms with Gasteiger partial charge in [0.05, 0.1) is 22.3 Å². The third kappa shape index (κ3) is 3.49. The molecule has 0 aliphatic rings. The third-order valence-corrected chi connectivity index (χ3v) is 2.90. The van der Waals surface area contributed by atoms with Gasteiger partial charge in [0.2, 0.25) is 17.8 Å². The zero-order valence-electron chi connectivity index (χ0n) is 11.8. The summed E-state index contributed by atoms with van der Waals surface area (Å²) in [5.74, 6) is 1.33. The second-order valence-corrected chi connectivity index (χ2v) is 4.77. The number of hydrogen-bond acceptors (Lipinski definition) is 7. The summed E-state index contributed by atoms with van der Waals surface area (Å²) in [4.78, 5) is 14.5. The van der Waals surface area contributed by atoms with E-state index in [2.05, 4.69) is 25.6 Å². The van der Waals surface area contributed by atoms with Gasteiger partial charge >= 0.3 is 0 Å². The molecule has 1 aromatic carbocycles. The van der Waals surface area contributed by atoms with Crippen LogP contribution in [0.1, 0.15) is 5.56 Å². The summed E-state index contributed by atoms with van der Waals surface area (Å²) in [7, 11) is 5.41. The highest BCUT2D eigenvalue weighted by molar-refractivity contribution is 6.33. The summed E-state index contributed by atoms with van der Waals surface area (Å²) in [5.41, 5.74) is 1.11. The fourth-order valence-corrected chi connectivity index (χ4v) is 1.77. The molecule has 0 spiro atoms. The summed E-state index contributed by atoms with van der Waals surface area (Å²) in [6.07, 6.45) is 0. The molecule has 0 fully saturated rings. The van der Waals surface area contributed by atoms with Gasteiger partial charge in [-0.15, -0.1) is 0 Å². The van der Waals surface area contributed by atoms with Gasteiger partial charge in [0.25, 0.3) is 0 Å². The first kappa shape index (κ1) is 14.8. The molecule has 2 rings (SSSR count). The van der Waals surface area contributed by atoms with Gasteiger partial charge in [0.1, 0.15) is 0 Å². The van der Waals surface area contributed by atoms with Crippen molar-refractivity contribution < 1.29 is 0 Å². The first-order chi connectivity index (χ1) is 10.0. The second-order valence-electron chi connectivity index (χ2n) is 4.36. The van der Waals surface area contributed by atoms with Gasteiger partial charge in [0, 0.05) is 21.1 Å². The minimum absolute atomic E-state index is 0.365. The molecular weight excluding hydrogens is 290 g/mol. The van der Waals surface area contributed by atoms with Gasteiger partial charge in [-0.1, -0.05) is 11.6 Å². The van der Waals surface area contributed by atoms with Crippen molar-refractivity contribution in [1.29, 1.82) is 5.26 Å². The first-order valence-electron chi connectivity index (χ1n) is 6.11. The molecule has 0 amide bonds. The van der Waals surface area contributed by atoms with Crippen LogP contribution in [0, 0.1) is 11.3 Å². The Balaban J connectivity index is 2.35. The fraction of sp³-hybridized carbons (Fsp3) is 0.231. The van der Waals surface area contributed by atoms with Crippen LogP contribution in [-0.4, -0.2) is 36.1 Å². The second kappa shape index (κ2) is 6.24. The molecule has 0 saturated carbocycles. The molecule has 1 aromatic heterocycles. The van der Waals surface area contributed by atoms with Crippen molar-refractivity contribution in [2.45, 2.75) is 0 Å². The topological polar surface area (TPSA) is 89.8 Å². The highest BCUT2D eigenvalue weighted by Crippen LogP contribution is 2.25. The van der Waals surface area contributed by atoms with Crippen molar-refractivity contribution in [3.63, 3.8) is 0 Å². The number of nitrogens with one attached hydrogen (secondary N) is 2. The van der Waals surface area contributed by atoms with Crippen molar-refractivity contribution in [1.82, 2.24) is 15.0 Å². The van der Waals surface area contributed by atoms with Crippen LogP contribution < -0.4 is 15.5 Å². The SMILES string of the molecule is CNc1nc(Nc2ccc(C#N)cc2Cl)nc(N(C)C)n1. The smallest absolute Gasteiger partial charge is 0.233 e. The van der Waals surface area contributed by atoms with Crippen molar-refractivity contribution in [2.75, 3.05) is 36.7 Å². The maximum Gasteiger partial charge on any atom is 0.233 e. The van der Waals surface area contributed by atoms with E-state index in [9.17, 15) is 0 Å². The van der Waals surface area contributed by atoms with E-state index < -0.39 is 0 Å². The lowest BCUT2D eigenvalue weighted by atomic mass is 10.2. The Morgan fingerprint density at radius 1 is 1.19 bits per heavy atom. The van der Waals surface area contributed by atoms with Crippen molar-refractivity contribution in [3.05, 3.63) is 28.8 Å². The molecule has 0 radical (unpaired) electrons. The van der Waals surface area contributed by atoms with E-state index in [-0.39, 0.29) is 0 Å². The Hall–Kier alpha value is -2.59. The van der Waals surface area contributed by atoms with Crippen molar-refractivity contribution in [2.24, 2.45) is 0 Å². The minimum atomic E-state index is 0.365. The number of nitriles is 1. The summed E-state index contributed by atoms with van der Waals surface area (Å²) in [6.45, 7) is 0. The van der Waals surface area contributed by atoms with Crippen molar-refractivity contribution in [3.8, 4) is 6.07 Å². The number of aromatic nitrogens is 3. The monoisotopic (exact) mass is 303 g/mol. The lowest BCUT2D eigenvalue weighted by molar-refractivity contribution is 0.963. The molecule has 0 aliphatic heterocycles. The Morgan fingerprint density at radius 3 is 2.48 bits per heavy atom. The fourth-order valence-electron chi connectivity index (χ4n) is 1.54. The minimum Gasteiger partial charge on any atom is -0.357 e. The predicted octanol–water partition coefficient (Wildman–Crippen LogP) is 2.25. The Morgan fingerprint density at radius 2 is 1.90 bits per heavy atom. The maximum absolute atomic E-state index is 8.83. The van der Waals surface area contributed by atoms with E-state index >= 15 is 0 Å². The quantitative estimate of drug-likeness (QED) is 0.895. The Kier molecular flexibility index (Phi) is 4.40. The molecule has 1 heterocycles. The largest absolute Gasteiger partial charge is 0.357 e. The van der Waals surface area contributed by atoms with E-state index in [1.54, 1.807) is 30.1 Å². The lowest BCUT2D eigenvalue weighted by Gasteiger charge is -2.13. The Labute approximate surface area is 127 Å². The van der Waals surface area contributed by atoms with E-state index in [0.717, 1.165) is 0 Å². The van der Waals surface area contributed by atoms with Crippen LogP contribution in [0.4, 0.5) is 23.5 Å². The average Bonchev–Trinajstić information content (AvgIpc) is 2.48. The number of halogens is 1. The maximum atomic E-state index is 8.83. The molecule has 2 N–H and O–H groups in total. The van der Waals surface area contributed by atoms with Crippen LogP contribution in [0.25, 0.3) is 0 Å². The van der Waals surface area contributed by atoms with Gasteiger partial charge < -0.3 is 15.5 Å². The van der Waals surface area contributed by atoms with E-state index in [0.29, 0.717) is 34.1 Å². The van der Waals surface area contributed by atoms with Gasteiger partial charge in [-0.05, 0) is 18.2 Å². The van der Waals surface area contributed by atoms with E-state index in [1.807, 2.05) is 20.2 Å². The summed E-state index contributed by atoms with van der Waals surface area (Å²) >= 11 is 6.12. The predicted molar refractivity (Wildman–Crippen MR) is 83.2 cm³/mol. The van der Waals surface area contributed by atoms with Crippen LogP contribution in [0.3, 0.4) is 0 Å². The van der Waals surface area contributed by atoms with Crippen LogP contribution in [0.2, 0.25) is 5.02 Å².